The van der Waals surface area contributed by atoms with Crippen molar-refractivity contribution in [1.29, 1.82) is 0 Å². The van der Waals surface area contributed by atoms with Crippen LogP contribution in [0.25, 0.3) is 0 Å². The summed E-state index contributed by atoms with van der Waals surface area (Å²) in [5, 5.41) is 0. The lowest BCUT2D eigenvalue weighted by Crippen LogP contribution is -2.04. The van der Waals surface area contributed by atoms with Crippen LogP contribution >= 0.6 is 24.2 Å². The Balaban J connectivity index is 0.00000180. The van der Waals surface area contributed by atoms with Gasteiger partial charge in [0, 0.05) is 16.0 Å². The van der Waals surface area contributed by atoms with Crippen molar-refractivity contribution in [2.24, 2.45) is 0 Å². The number of nitrogen functional groups attached to an aromatic ring is 1. The van der Waals surface area contributed by atoms with Crippen LogP contribution in [0.4, 0.5) is 18.9 Å². The van der Waals surface area contributed by atoms with Gasteiger partial charge in [-0.1, -0.05) is 17.8 Å². The second kappa shape index (κ2) is 6.16. The highest BCUT2D eigenvalue weighted by molar-refractivity contribution is 7.99. The molecule has 0 amide bonds. The van der Waals surface area contributed by atoms with Crippen molar-refractivity contribution < 1.29 is 13.2 Å². The van der Waals surface area contributed by atoms with Gasteiger partial charge < -0.3 is 5.73 Å². The Morgan fingerprint density at radius 2 is 1.89 bits per heavy atom. The van der Waals surface area contributed by atoms with Gasteiger partial charge in [0.1, 0.15) is 0 Å². The number of hydrogen-bond acceptors (Lipinski definition) is 3. The fourth-order valence-corrected chi connectivity index (χ4v) is 2.24. The van der Waals surface area contributed by atoms with Gasteiger partial charge in [0.05, 0.1) is 17.4 Å². The molecule has 2 rings (SSSR count). The van der Waals surface area contributed by atoms with Gasteiger partial charge in [0.2, 0.25) is 0 Å². The molecule has 2 aromatic rings. The number of halogens is 4. The van der Waals surface area contributed by atoms with Crippen LogP contribution in [0.3, 0.4) is 0 Å². The summed E-state index contributed by atoms with van der Waals surface area (Å²) in [6, 6.07) is 6.80. The average Bonchev–Trinajstić information content (AvgIpc) is 2.31. The molecule has 0 atom stereocenters. The van der Waals surface area contributed by atoms with E-state index in [9.17, 15) is 13.2 Å². The monoisotopic (exact) mass is 306 g/mol. The molecule has 0 spiro atoms. The van der Waals surface area contributed by atoms with Crippen molar-refractivity contribution in [3.63, 3.8) is 0 Å². The molecule has 0 aliphatic carbocycles. The Hall–Kier alpha value is -1.40. The summed E-state index contributed by atoms with van der Waals surface area (Å²) in [6.07, 6.45) is -1.32. The molecule has 0 bridgehead atoms. The molecule has 0 saturated heterocycles. The Labute approximate surface area is 118 Å². The number of pyridine rings is 1. The minimum absolute atomic E-state index is 0. The lowest BCUT2D eigenvalue weighted by Gasteiger charge is -2.09. The van der Waals surface area contributed by atoms with Gasteiger partial charge in [-0.15, -0.1) is 12.4 Å². The van der Waals surface area contributed by atoms with Crippen molar-refractivity contribution in [2.45, 2.75) is 16.0 Å². The summed E-state index contributed by atoms with van der Waals surface area (Å²) < 4.78 is 37.6. The van der Waals surface area contributed by atoms with Gasteiger partial charge in [-0.25, -0.2) is 0 Å². The quantitative estimate of drug-likeness (QED) is 0.901. The Kier molecular flexibility index (Phi) is 5.08. The fraction of sp³-hybridized carbons (Fsp3) is 0.0833. The van der Waals surface area contributed by atoms with Crippen molar-refractivity contribution >= 4 is 29.9 Å². The normalized spacial score (nSPS) is 10.9. The second-order valence-corrected chi connectivity index (χ2v) is 4.66. The van der Waals surface area contributed by atoms with Gasteiger partial charge in [0.25, 0.3) is 0 Å². The van der Waals surface area contributed by atoms with E-state index in [1.807, 2.05) is 0 Å². The molecule has 1 heterocycles. The van der Waals surface area contributed by atoms with Crippen LogP contribution in [0.5, 0.6) is 0 Å². The van der Waals surface area contributed by atoms with E-state index in [0.29, 0.717) is 15.5 Å². The number of nitrogens with zero attached hydrogens (tertiary/aromatic N) is 1. The van der Waals surface area contributed by atoms with Crippen LogP contribution in [-0.4, -0.2) is 4.98 Å². The number of aromatic nitrogens is 1. The first-order valence-corrected chi connectivity index (χ1v) is 5.83. The molecule has 0 saturated carbocycles. The van der Waals surface area contributed by atoms with Crippen LogP contribution < -0.4 is 5.73 Å². The highest BCUT2D eigenvalue weighted by Crippen LogP contribution is 2.35. The lowest BCUT2D eigenvalue weighted by atomic mass is 10.2. The van der Waals surface area contributed by atoms with E-state index in [1.165, 1.54) is 24.0 Å². The molecule has 0 fully saturated rings. The molecule has 0 unspecified atom stereocenters. The summed E-state index contributed by atoms with van der Waals surface area (Å²) in [6.45, 7) is 0. The van der Waals surface area contributed by atoms with Crippen LogP contribution in [0.2, 0.25) is 0 Å². The van der Waals surface area contributed by atoms with Crippen molar-refractivity contribution in [3.8, 4) is 0 Å². The van der Waals surface area contributed by atoms with Crippen molar-refractivity contribution in [3.05, 3.63) is 48.3 Å². The maximum Gasteiger partial charge on any atom is 0.416 e. The first-order chi connectivity index (χ1) is 8.47. The van der Waals surface area contributed by atoms with Gasteiger partial charge in [0.15, 0.2) is 0 Å². The maximum absolute atomic E-state index is 12.5. The van der Waals surface area contributed by atoms with Crippen LogP contribution in [0, 0.1) is 0 Å². The Morgan fingerprint density at radius 3 is 2.53 bits per heavy atom. The minimum atomic E-state index is -4.33. The zero-order valence-corrected chi connectivity index (χ0v) is 11.1. The number of anilines is 1. The summed E-state index contributed by atoms with van der Waals surface area (Å²) >= 11 is 1.18. The van der Waals surface area contributed by atoms with E-state index in [-0.39, 0.29) is 12.4 Å². The Bertz CT molecular complexity index is 561. The maximum atomic E-state index is 12.5. The van der Waals surface area contributed by atoms with Crippen LogP contribution in [0.1, 0.15) is 5.56 Å². The standard InChI is InChI=1S/C12H9F3N2S.ClH/c13-12(14,15)8-2-1-3-9(6-8)18-11-4-5-17-7-10(11)16;/h1-7H,16H2;1H. The molecule has 102 valence electrons. The zero-order valence-electron chi connectivity index (χ0n) is 9.52. The van der Waals surface area contributed by atoms with Gasteiger partial charge in [-0.05, 0) is 24.3 Å². The largest absolute Gasteiger partial charge is 0.416 e. The number of benzene rings is 1. The summed E-state index contributed by atoms with van der Waals surface area (Å²) in [7, 11) is 0. The number of nitrogens with two attached hydrogens (primary N) is 1. The van der Waals surface area contributed by atoms with Crippen LogP contribution in [-0.2, 0) is 6.18 Å². The Morgan fingerprint density at radius 1 is 1.16 bits per heavy atom. The van der Waals surface area contributed by atoms with Gasteiger partial charge in [-0.2, -0.15) is 13.2 Å². The average molecular weight is 307 g/mol. The molecular weight excluding hydrogens is 297 g/mol. The summed E-state index contributed by atoms with van der Waals surface area (Å²) in [4.78, 5) is 5.00. The highest BCUT2D eigenvalue weighted by Gasteiger charge is 2.30. The summed E-state index contributed by atoms with van der Waals surface area (Å²) in [5.41, 5.74) is 5.46. The summed E-state index contributed by atoms with van der Waals surface area (Å²) in [5.74, 6) is 0. The fourth-order valence-electron chi connectivity index (χ4n) is 1.35. The third kappa shape index (κ3) is 4.04. The molecule has 0 aliphatic rings. The van der Waals surface area contributed by atoms with Gasteiger partial charge >= 0.3 is 6.18 Å². The van der Waals surface area contributed by atoms with E-state index in [1.54, 1.807) is 18.3 Å². The van der Waals surface area contributed by atoms with E-state index in [2.05, 4.69) is 4.98 Å². The number of hydrogen-bond donors (Lipinski definition) is 1. The first kappa shape index (κ1) is 15.7. The van der Waals surface area contributed by atoms with Crippen LogP contribution in [0.15, 0.2) is 52.5 Å². The number of rotatable bonds is 2. The smallest absolute Gasteiger partial charge is 0.397 e. The van der Waals surface area contributed by atoms with Crippen molar-refractivity contribution in [1.82, 2.24) is 4.98 Å². The van der Waals surface area contributed by atoms with E-state index in [4.69, 9.17) is 5.73 Å². The molecule has 2 nitrogen and oxygen atoms in total. The highest BCUT2D eigenvalue weighted by atomic mass is 35.5. The number of alkyl halides is 3. The van der Waals surface area contributed by atoms with E-state index >= 15 is 0 Å². The zero-order chi connectivity index (χ0) is 13.2. The minimum Gasteiger partial charge on any atom is -0.397 e. The molecule has 19 heavy (non-hydrogen) atoms. The molecule has 2 N–H and O–H groups in total. The predicted molar refractivity (Wildman–Crippen MR) is 71.5 cm³/mol. The predicted octanol–water partition coefficient (Wildman–Crippen LogP) is 4.26. The lowest BCUT2D eigenvalue weighted by molar-refractivity contribution is -0.137. The van der Waals surface area contributed by atoms with E-state index < -0.39 is 11.7 Å². The molecule has 0 radical (unpaired) electrons. The molecule has 7 heteroatoms. The molecule has 1 aromatic carbocycles. The SMILES string of the molecule is Cl.Nc1cnccc1Sc1cccc(C(F)(F)F)c1. The molecule has 0 aliphatic heterocycles. The molecule has 1 aromatic heterocycles. The van der Waals surface area contributed by atoms with Crippen molar-refractivity contribution in [2.75, 3.05) is 5.73 Å². The van der Waals surface area contributed by atoms with Gasteiger partial charge in [-0.3, -0.25) is 4.98 Å². The third-order valence-electron chi connectivity index (χ3n) is 2.20. The second-order valence-electron chi connectivity index (χ2n) is 3.54. The van der Waals surface area contributed by atoms with E-state index in [0.717, 1.165) is 12.1 Å². The third-order valence-corrected chi connectivity index (χ3v) is 3.28. The molecular formula is C12H10ClF3N2S. The first-order valence-electron chi connectivity index (χ1n) is 5.01. The topological polar surface area (TPSA) is 38.9 Å².